The third-order valence-corrected chi connectivity index (χ3v) is 6.57. The Hall–Kier alpha value is -3.03. The summed E-state index contributed by atoms with van der Waals surface area (Å²) in [5.74, 6) is -0.779. The van der Waals surface area contributed by atoms with Gasteiger partial charge in [-0.25, -0.2) is 0 Å². The second-order valence-electron chi connectivity index (χ2n) is 8.43. The van der Waals surface area contributed by atoms with Gasteiger partial charge in [0, 0.05) is 37.7 Å². The van der Waals surface area contributed by atoms with E-state index in [-0.39, 0.29) is 30.2 Å². The Morgan fingerprint density at radius 1 is 1.03 bits per heavy atom. The van der Waals surface area contributed by atoms with Gasteiger partial charge in [-0.2, -0.15) is 0 Å². The highest BCUT2D eigenvalue weighted by atomic mass is 16.2. The average Bonchev–Trinajstić information content (AvgIpc) is 2.97. The zero-order valence-electron chi connectivity index (χ0n) is 17.3. The van der Waals surface area contributed by atoms with E-state index in [9.17, 15) is 14.4 Å². The van der Waals surface area contributed by atoms with Crippen LogP contribution >= 0.6 is 0 Å². The van der Waals surface area contributed by atoms with Crippen molar-refractivity contribution in [3.05, 3.63) is 70.3 Å². The van der Waals surface area contributed by atoms with Crippen LogP contribution in [0.1, 0.15) is 51.5 Å². The molecule has 0 aromatic heterocycles. The summed E-state index contributed by atoms with van der Waals surface area (Å²) in [5.41, 5.74) is 5.38. The van der Waals surface area contributed by atoms with E-state index in [0.29, 0.717) is 25.1 Å². The number of fused-ring (bicyclic) bond motifs is 2. The van der Waals surface area contributed by atoms with Gasteiger partial charge in [0.2, 0.25) is 11.8 Å². The molecule has 3 amide bonds. The topological polar surface area (TPSA) is 90.5 Å². The lowest BCUT2D eigenvalue weighted by Crippen LogP contribution is -2.52. The molecule has 3 aliphatic rings. The minimum Gasteiger partial charge on any atom is -0.322 e. The molecule has 2 aromatic rings. The summed E-state index contributed by atoms with van der Waals surface area (Å²) >= 11 is 0. The Morgan fingerprint density at radius 3 is 2.77 bits per heavy atom. The molecule has 7 heteroatoms. The maximum Gasteiger partial charge on any atom is 0.255 e. The normalized spacial score (nSPS) is 23.2. The number of hydrogen-bond donors (Lipinski definition) is 3. The van der Waals surface area contributed by atoms with Crippen LogP contribution in [0.3, 0.4) is 0 Å². The molecule has 1 saturated heterocycles. The van der Waals surface area contributed by atoms with E-state index in [1.54, 1.807) is 4.90 Å². The highest BCUT2D eigenvalue weighted by molar-refractivity contribution is 6.05. The van der Waals surface area contributed by atoms with E-state index < -0.39 is 6.04 Å². The fraction of sp³-hybridized carbons (Fsp3) is 0.375. The largest absolute Gasteiger partial charge is 0.322 e. The van der Waals surface area contributed by atoms with Crippen molar-refractivity contribution in [2.24, 2.45) is 0 Å². The second kappa shape index (κ2) is 8.24. The summed E-state index contributed by atoms with van der Waals surface area (Å²) in [6, 6.07) is 13.9. The SMILES string of the molecule is O=C1CCC(N2Cc3c(CNC4CNCCc5ccccc54)cccc3C2=O)C(=O)N1. The predicted molar refractivity (Wildman–Crippen MR) is 115 cm³/mol. The van der Waals surface area contributed by atoms with E-state index >= 15 is 0 Å². The number of piperidine rings is 1. The Labute approximate surface area is 181 Å². The molecule has 2 atom stereocenters. The molecule has 7 nitrogen and oxygen atoms in total. The maximum atomic E-state index is 13.0. The van der Waals surface area contributed by atoms with Gasteiger partial charge in [0.25, 0.3) is 5.91 Å². The van der Waals surface area contributed by atoms with Crippen molar-refractivity contribution in [1.82, 2.24) is 20.9 Å². The van der Waals surface area contributed by atoms with E-state index in [1.165, 1.54) is 11.1 Å². The summed E-state index contributed by atoms with van der Waals surface area (Å²) in [4.78, 5) is 38.4. The molecule has 1 fully saturated rings. The Bertz CT molecular complexity index is 1050. The zero-order valence-corrected chi connectivity index (χ0v) is 17.3. The molecule has 0 bridgehead atoms. The lowest BCUT2D eigenvalue weighted by atomic mass is 9.98. The standard InChI is InChI=1S/C24H26N4O3/c29-22-9-8-21(23(30)27-22)28-14-19-16(5-3-7-18(19)24(28)31)12-26-20-13-25-11-10-15-4-1-2-6-17(15)20/h1-7,20-21,25-26H,8-14H2,(H,27,29,30). The Kier molecular flexibility index (Phi) is 5.29. The van der Waals surface area contributed by atoms with Gasteiger partial charge < -0.3 is 15.5 Å². The van der Waals surface area contributed by atoms with Crippen molar-refractivity contribution in [1.29, 1.82) is 0 Å². The number of imide groups is 1. The maximum absolute atomic E-state index is 13.0. The molecule has 3 N–H and O–H groups in total. The van der Waals surface area contributed by atoms with Crippen molar-refractivity contribution in [3.8, 4) is 0 Å². The first-order valence-corrected chi connectivity index (χ1v) is 10.9. The van der Waals surface area contributed by atoms with E-state index in [0.717, 1.165) is 30.6 Å². The van der Waals surface area contributed by atoms with Crippen LogP contribution in [0.2, 0.25) is 0 Å². The summed E-state index contributed by atoms with van der Waals surface area (Å²) < 4.78 is 0. The predicted octanol–water partition coefficient (Wildman–Crippen LogP) is 1.42. The van der Waals surface area contributed by atoms with Gasteiger partial charge in [-0.3, -0.25) is 19.7 Å². The minimum atomic E-state index is -0.587. The van der Waals surface area contributed by atoms with E-state index in [4.69, 9.17) is 0 Å². The van der Waals surface area contributed by atoms with Gasteiger partial charge >= 0.3 is 0 Å². The van der Waals surface area contributed by atoms with Crippen LogP contribution in [0.25, 0.3) is 0 Å². The number of amides is 3. The van der Waals surface area contributed by atoms with Gasteiger partial charge in [-0.05, 0) is 47.7 Å². The molecule has 3 aliphatic heterocycles. The number of nitrogens with zero attached hydrogens (tertiary/aromatic N) is 1. The lowest BCUT2D eigenvalue weighted by molar-refractivity contribution is -0.136. The van der Waals surface area contributed by atoms with E-state index in [2.05, 4.69) is 40.2 Å². The molecule has 2 aromatic carbocycles. The van der Waals surface area contributed by atoms with Crippen LogP contribution in [-0.4, -0.2) is 41.8 Å². The smallest absolute Gasteiger partial charge is 0.255 e. The first-order valence-electron chi connectivity index (χ1n) is 10.9. The number of benzene rings is 2. The molecular formula is C24H26N4O3. The van der Waals surface area contributed by atoms with Crippen molar-refractivity contribution >= 4 is 17.7 Å². The Morgan fingerprint density at radius 2 is 1.90 bits per heavy atom. The van der Waals surface area contributed by atoms with Gasteiger partial charge in [0.1, 0.15) is 6.04 Å². The molecule has 0 spiro atoms. The average molecular weight is 418 g/mol. The van der Waals surface area contributed by atoms with Crippen molar-refractivity contribution in [2.45, 2.75) is 44.4 Å². The molecule has 160 valence electrons. The summed E-state index contributed by atoms with van der Waals surface area (Å²) in [5, 5.41) is 9.53. The van der Waals surface area contributed by atoms with Crippen molar-refractivity contribution in [3.63, 3.8) is 0 Å². The number of rotatable bonds is 4. The molecule has 31 heavy (non-hydrogen) atoms. The van der Waals surface area contributed by atoms with Gasteiger partial charge in [0.05, 0.1) is 0 Å². The lowest BCUT2D eigenvalue weighted by Gasteiger charge is -2.29. The number of carbonyl (C=O) groups excluding carboxylic acids is 3. The van der Waals surface area contributed by atoms with Gasteiger partial charge in [-0.15, -0.1) is 0 Å². The first-order chi connectivity index (χ1) is 15.1. The fourth-order valence-corrected chi connectivity index (χ4v) is 4.91. The summed E-state index contributed by atoms with van der Waals surface area (Å²) in [6.07, 6.45) is 1.66. The minimum absolute atomic E-state index is 0.132. The molecule has 5 rings (SSSR count). The summed E-state index contributed by atoms with van der Waals surface area (Å²) in [7, 11) is 0. The third kappa shape index (κ3) is 3.75. The van der Waals surface area contributed by atoms with Gasteiger partial charge in [0.15, 0.2) is 0 Å². The monoisotopic (exact) mass is 418 g/mol. The number of carbonyl (C=O) groups is 3. The van der Waals surface area contributed by atoms with Crippen LogP contribution in [-0.2, 0) is 29.1 Å². The van der Waals surface area contributed by atoms with E-state index in [1.807, 2.05) is 18.2 Å². The summed E-state index contributed by atoms with van der Waals surface area (Å²) in [6.45, 7) is 2.86. The highest BCUT2D eigenvalue weighted by Crippen LogP contribution is 2.30. The molecule has 3 heterocycles. The van der Waals surface area contributed by atoms with Crippen LogP contribution < -0.4 is 16.0 Å². The fourth-order valence-electron chi connectivity index (χ4n) is 4.91. The molecular weight excluding hydrogens is 392 g/mol. The molecule has 0 radical (unpaired) electrons. The van der Waals surface area contributed by atoms with Crippen LogP contribution in [0.15, 0.2) is 42.5 Å². The van der Waals surface area contributed by atoms with Crippen LogP contribution in [0, 0.1) is 0 Å². The molecule has 0 aliphatic carbocycles. The second-order valence-corrected chi connectivity index (χ2v) is 8.43. The van der Waals surface area contributed by atoms with Crippen LogP contribution in [0.4, 0.5) is 0 Å². The molecule has 0 saturated carbocycles. The van der Waals surface area contributed by atoms with Crippen molar-refractivity contribution < 1.29 is 14.4 Å². The zero-order chi connectivity index (χ0) is 21.4. The quantitative estimate of drug-likeness (QED) is 0.654. The van der Waals surface area contributed by atoms with Gasteiger partial charge in [-0.1, -0.05) is 36.4 Å². The highest BCUT2D eigenvalue weighted by Gasteiger charge is 2.39. The van der Waals surface area contributed by atoms with Crippen LogP contribution in [0.5, 0.6) is 0 Å². The Balaban J connectivity index is 1.34. The first kappa shape index (κ1) is 19.9. The van der Waals surface area contributed by atoms with Crippen molar-refractivity contribution in [2.75, 3.05) is 13.1 Å². The number of nitrogens with one attached hydrogen (secondary N) is 3. The number of hydrogen-bond acceptors (Lipinski definition) is 5. The molecule has 2 unspecified atom stereocenters. The third-order valence-electron chi connectivity index (χ3n) is 6.57.